The van der Waals surface area contributed by atoms with Crippen LogP contribution in [0.2, 0.25) is 0 Å². The maximum atomic E-state index is 14.1. The number of carbonyl (C=O) groups excluding carboxylic acids is 1. The summed E-state index contributed by atoms with van der Waals surface area (Å²) in [6.07, 6.45) is 0.572. The van der Waals surface area contributed by atoms with E-state index in [1.165, 1.54) is 11.0 Å². The highest BCUT2D eigenvalue weighted by Crippen LogP contribution is 2.32. The summed E-state index contributed by atoms with van der Waals surface area (Å²) in [5.41, 5.74) is -0.103. The van der Waals surface area contributed by atoms with E-state index in [2.05, 4.69) is 9.88 Å². The predicted molar refractivity (Wildman–Crippen MR) is 109 cm³/mol. The zero-order valence-corrected chi connectivity index (χ0v) is 17.2. The fraction of sp³-hybridized carbons (Fsp3) is 0.333. The second-order valence-electron chi connectivity index (χ2n) is 7.12. The minimum absolute atomic E-state index is 0.0438. The van der Waals surface area contributed by atoms with Gasteiger partial charge in [0, 0.05) is 37.8 Å². The molecule has 4 rings (SSSR count). The molecule has 0 saturated carbocycles. The number of benzene rings is 2. The number of hydrogen-bond acceptors (Lipinski definition) is 5. The van der Waals surface area contributed by atoms with Gasteiger partial charge < -0.3 is 4.74 Å². The number of fused-ring (bicyclic) bond motifs is 1. The second-order valence-corrected chi connectivity index (χ2v) is 8.13. The van der Waals surface area contributed by atoms with Gasteiger partial charge in [0.15, 0.2) is 22.6 Å². The van der Waals surface area contributed by atoms with Crippen LogP contribution in [0.25, 0.3) is 10.2 Å². The van der Waals surface area contributed by atoms with Crippen molar-refractivity contribution in [2.24, 2.45) is 0 Å². The highest BCUT2D eigenvalue weighted by atomic mass is 32.1. The van der Waals surface area contributed by atoms with Gasteiger partial charge in [-0.3, -0.25) is 14.6 Å². The lowest BCUT2D eigenvalue weighted by Gasteiger charge is -2.27. The summed E-state index contributed by atoms with van der Waals surface area (Å²) >= 11 is 0.963. The van der Waals surface area contributed by atoms with Gasteiger partial charge in [-0.2, -0.15) is 0 Å². The molecule has 1 fully saturated rings. The summed E-state index contributed by atoms with van der Waals surface area (Å²) in [4.78, 5) is 20.8. The van der Waals surface area contributed by atoms with E-state index in [-0.39, 0.29) is 27.5 Å². The van der Waals surface area contributed by atoms with Crippen molar-refractivity contribution in [3.05, 3.63) is 59.2 Å². The van der Waals surface area contributed by atoms with Gasteiger partial charge in [0.05, 0.1) is 17.9 Å². The highest BCUT2D eigenvalue weighted by Gasteiger charge is 2.24. The molecular formula is C21H19F4N3O2S. The SMILES string of the molecule is O=C(c1ccc(F)c(F)c1)N(CCCN1CCOCC1)c1nc2c(F)cc(F)cc2s1. The third-order valence-corrected chi connectivity index (χ3v) is 6.03. The van der Waals surface area contributed by atoms with E-state index >= 15 is 0 Å². The van der Waals surface area contributed by atoms with Crippen LogP contribution in [-0.4, -0.2) is 55.2 Å². The molecule has 0 bridgehead atoms. The number of amides is 1. The van der Waals surface area contributed by atoms with Crippen molar-refractivity contribution >= 4 is 32.6 Å². The molecule has 1 saturated heterocycles. The minimum atomic E-state index is -1.14. The third kappa shape index (κ3) is 4.86. The van der Waals surface area contributed by atoms with E-state index in [4.69, 9.17) is 4.74 Å². The molecule has 2 heterocycles. The van der Waals surface area contributed by atoms with E-state index < -0.39 is 29.2 Å². The molecule has 5 nitrogen and oxygen atoms in total. The summed E-state index contributed by atoms with van der Waals surface area (Å²) < 4.78 is 60.3. The molecule has 0 N–H and O–H groups in total. The van der Waals surface area contributed by atoms with E-state index in [0.717, 1.165) is 48.7 Å². The fourth-order valence-electron chi connectivity index (χ4n) is 3.41. The first-order chi connectivity index (χ1) is 14.9. The van der Waals surface area contributed by atoms with Gasteiger partial charge in [0.2, 0.25) is 0 Å². The van der Waals surface area contributed by atoms with Crippen LogP contribution in [0.15, 0.2) is 30.3 Å². The molecule has 0 aliphatic carbocycles. The average molecular weight is 453 g/mol. The Kier molecular flexibility index (Phi) is 6.49. The first-order valence-electron chi connectivity index (χ1n) is 9.75. The number of anilines is 1. The molecule has 3 aromatic rings. The van der Waals surface area contributed by atoms with Gasteiger partial charge in [0.25, 0.3) is 5.91 Å². The minimum Gasteiger partial charge on any atom is -0.379 e. The quantitative estimate of drug-likeness (QED) is 0.525. The van der Waals surface area contributed by atoms with Crippen molar-refractivity contribution in [2.75, 3.05) is 44.3 Å². The third-order valence-electron chi connectivity index (χ3n) is 5.00. The van der Waals surface area contributed by atoms with E-state index in [1.807, 2.05) is 0 Å². The number of ether oxygens (including phenoxy) is 1. The standard InChI is InChI=1S/C21H19F4N3O2S/c22-14-11-17(25)19-18(12-14)31-21(26-19)28(5-1-4-27-6-8-30-9-7-27)20(29)13-2-3-15(23)16(24)10-13/h2-3,10-12H,1,4-9H2. The van der Waals surface area contributed by atoms with Crippen LogP contribution in [0.5, 0.6) is 0 Å². The monoisotopic (exact) mass is 453 g/mol. The van der Waals surface area contributed by atoms with Crippen LogP contribution >= 0.6 is 11.3 Å². The number of nitrogens with zero attached hydrogens (tertiary/aromatic N) is 3. The molecule has 31 heavy (non-hydrogen) atoms. The summed E-state index contributed by atoms with van der Waals surface area (Å²) in [6, 6.07) is 4.75. The van der Waals surface area contributed by atoms with Crippen LogP contribution in [0.3, 0.4) is 0 Å². The summed E-state index contributed by atoms with van der Waals surface area (Å²) in [5.74, 6) is -4.37. The van der Waals surface area contributed by atoms with Gasteiger partial charge >= 0.3 is 0 Å². The molecule has 0 radical (unpaired) electrons. The van der Waals surface area contributed by atoms with Crippen LogP contribution in [0.4, 0.5) is 22.7 Å². The molecule has 0 spiro atoms. The van der Waals surface area contributed by atoms with E-state index in [1.54, 1.807) is 0 Å². The number of morpholine rings is 1. The molecule has 2 aromatic carbocycles. The molecule has 0 atom stereocenters. The maximum Gasteiger partial charge on any atom is 0.260 e. The fourth-order valence-corrected chi connectivity index (χ4v) is 4.44. The summed E-state index contributed by atoms with van der Waals surface area (Å²) in [5, 5.41) is 0.163. The van der Waals surface area contributed by atoms with Crippen molar-refractivity contribution in [1.82, 2.24) is 9.88 Å². The Hall–Kier alpha value is -2.56. The van der Waals surface area contributed by atoms with Crippen molar-refractivity contribution < 1.29 is 27.1 Å². The average Bonchev–Trinajstić information content (AvgIpc) is 3.17. The Morgan fingerprint density at radius 1 is 1.06 bits per heavy atom. The number of carbonyl (C=O) groups is 1. The van der Waals surface area contributed by atoms with Crippen molar-refractivity contribution in [2.45, 2.75) is 6.42 Å². The number of rotatable bonds is 6. The Balaban J connectivity index is 1.62. The predicted octanol–water partition coefficient (Wildman–Crippen LogP) is 4.22. The number of halogens is 4. The van der Waals surface area contributed by atoms with Crippen LogP contribution in [0, 0.1) is 23.3 Å². The van der Waals surface area contributed by atoms with Crippen molar-refractivity contribution in [3.8, 4) is 0 Å². The van der Waals surface area contributed by atoms with Gasteiger partial charge in [-0.05, 0) is 30.7 Å². The van der Waals surface area contributed by atoms with Crippen molar-refractivity contribution in [3.63, 3.8) is 0 Å². The van der Waals surface area contributed by atoms with Crippen LogP contribution in [-0.2, 0) is 4.74 Å². The lowest BCUT2D eigenvalue weighted by atomic mass is 10.2. The number of aromatic nitrogens is 1. The Morgan fingerprint density at radius 2 is 1.84 bits per heavy atom. The molecule has 1 aliphatic rings. The molecule has 164 valence electrons. The lowest BCUT2D eigenvalue weighted by molar-refractivity contribution is 0.0376. The molecule has 1 aromatic heterocycles. The molecule has 1 aliphatic heterocycles. The lowest BCUT2D eigenvalue weighted by Crippen LogP contribution is -2.39. The largest absolute Gasteiger partial charge is 0.379 e. The van der Waals surface area contributed by atoms with Gasteiger partial charge in [-0.25, -0.2) is 22.5 Å². The van der Waals surface area contributed by atoms with Crippen LogP contribution in [0.1, 0.15) is 16.8 Å². The summed E-state index contributed by atoms with van der Waals surface area (Å²) in [6.45, 7) is 3.75. The Morgan fingerprint density at radius 3 is 2.58 bits per heavy atom. The zero-order chi connectivity index (χ0) is 22.0. The zero-order valence-electron chi connectivity index (χ0n) is 16.4. The van der Waals surface area contributed by atoms with Gasteiger partial charge in [-0.15, -0.1) is 0 Å². The molecular weight excluding hydrogens is 434 g/mol. The highest BCUT2D eigenvalue weighted by molar-refractivity contribution is 7.22. The van der Waals surface area contributed by atoms with E-state index in [0.29, 0.717) is 26.2 Å². The molecule has 10 heteroatoms. The number of thiazole rings is 1. The smallest absolute Gasteiger partial charge is 0.260 e. The first-order valence-corrected chi connectivity index (χ1v) is 10.6. The maximum absolute atomic E-state index is 14.1. The van der Waals surface area contributed by atoms with Crippen LogP contribution < -0.4 is 4.90 Å². The van der Waals surface area contributed by atoms with Crippen molar-refractivity contribution in [1.29, 1.82) is 0 Å². The molecule has 0 unspecified atom stereocenters. The Labute approximate surface area is 179 Å². The van der Waals surface area contributed by atoms with Gasteiger partial charge in [-0.1, -0.05) is 11.3 Å². The number of hydrogen-bond donors (Lipinski definition) is 0. The first kappa shape index (κ1) is 21.7. The summed E-state index contributed by atoms with van der Waals surface area (Å²) in [7, 11) is 0. The second kappa shape index (κ2) is 9.29. The topological polar surface area (TPSA) is 45.7 Å². The van der Waals surface area contributed by atoms with E-state index in [9.17, 15) is 22.4 Å². The normalized spacial score (nSPS) is 14.8. The molecule has 1 amide bonds. The Bertz CT molecular complexity index is 1100. The van der Waals surface area contributed by atoms with Gasteiger partial charge in [0.1, 0.15) is 11.3 Å².